The van der Waals surface area contributed by atoms with Crippen LogP contribution in [0.25, 0.3) is 0 Å². The Morgan fingerprint density at radius 1 is 1.18 bits per heavy atom. The van der Waals surface area contributed by atoms with Crippen LogP contribution < -0.4 is 14.8 Å². The minimum Gasteiger partial charge on any atom is -0.454 e. The van der Waals surface area contributed by atoms with Gasteiger partial charge < -0.3 is 14.8 Å². The van der Waals surface area contributed by atoms with Gasteiger partial charge in [0.25, 0.3) is 0 Å². The minimum absolute atomic E-state index is 0. The zero-order chi connectivity index (χ0) is 15.0. The van der Waals surface area contributed by atoms with E-state index in [9.17, 15) is 8.42 Å². The maximum atomic E-state index is 12.9. The van der Waals surface area contributed by atoms with Gasteiger partial charge in [-0.15, -0.1) is 12.4 Å². The van der Waals surface area contributed by atoms with Crippen LogP contribution in [0.1, 0.15) is 18.4 Å². The second kappa shape index (κ2) is 6.62. The number of ether oxygens (including phenoxy) is 2. The molecule has 1 aromatic rings. The van der Waals surface area contributed by atoms with Crippen molar-refractivity contribution in [1.29, 1.82) is 0 Å². The van der Waals surface area contributed by atoms with Crippen LogP contribution >= 0.6 is 12.4 Å². The molecule has 0 aliphatic carbocycles. The molecule has 0 bridgehead atoms. The second-order valence-corrected chi connectivity index (χ2v) is 7.44. The summed E-state index contributed by atoms with van der Waals surface area (Å²) in [6, 6.07) is 3.34. The van der Waals surface area contributed by atoms with Crippen molar-refractivity contribution in [3.63, 3.8) is 0 Å². The van der Waals surface area contributed by atoms with E-state index in [4.69, 9.17) is 9.47 Å². The van der Waals surface area contributed by atoms with Crippen LogP contribution in [0.15, 0.2) is 17.0 Å². The van der Waals surface area contributed by atoms with Gasteiger partial charge in [0.05, 0.1) is 4.90 Å². The third-order valence-corrected chi connectivity index (χ3v) is 6.20. The fraction of sp³-hybridized carbons (Fsp3) is 0.571. The SMILES string of the molecule is Cc1cc2c(cc1S(=O)(=O)N(C)C1CCNCC1)OCO2.Cl. The quantitative estimate of drug-likeness (QED) is 0.897. The second-order valence-electron chi connectivity index (χ2n) is 5.47. The Hall–Kier alpha value is -1.02. The van der Waals surface area contributed by atoms with Crippen molar-refractivity contribution in [3.8, 4) is 11.5 Å². The molecule has 0 saturated carbocycles. The molecule has 2 heterocycles. The van der Waals surface area contributed by atoms with Crippen LogP contribution in [0.4, 0.5) is 0 Å². The maximum Gasteiger partial charge on any atom is 0.243 e. The predicted molar refractivity (Wildman–Crippen MR) is 85.4 cm³/mol. The molecule has 1 aromatic carbocycles. The molecule has 2 aliphatic heterocycles. The molecule has 0 atom stereocenters. The Labute approximate surface area is 137 Å². The summed E-state index contributed by atoms with van der Waals surface area (Å²) in [6.07, 6.45) is 1.67. The van der Waals surface area contributed by atoms with Crippen LogP contribution in [0, 0.1) is 6.92 Å². The molecule has 1 fully saturated rings. The van der Waals surface area contributed by atoms with E-state index < -0.39 is 10.0 Å². The molecule has 0 radical (unpaired) electrons. The number of nitrogens with zero attached hydrogens (tertiary/aromatic N) is 1. The molecule has 0 spiro atoms. The van der Waals surface area contributed by atoms with E-state index in [2.05, 4.69) is 5.32 Å². The lowest BCUT2D eigenvalue weighted by molar-refractivity contribution is 0.174. The van der Waals surface area contributed by atoms with Gasteiger partial charge in [-0.3, -0.25) is 0 Å². The molecule has 0 aromatic heterocycles. The van der Waals surface area contributed by atoms with E-state index >= 15 is 0 Å². The van der Waals surface area contributed by atoms with Crippen LogP contribution in [0.5, 0.6) is 11.5 Å². The molecule has 6 nitrogen and oxygen atoms in total. The summed E-state index contributed by atoms with van der Waals surface area (Å²) >= 11 is 0. The molecule has 3 rings (SSSR count). The van der Waals surface area contributed by atoms with E-state index in [-0.39, 0.29) is 25.2 Å². The van der Waals surface area contributed by atoms with Gasteiger partial charge in [-0.1, -0.05) is 0 Å². The number of fused-ring (bicyclic) bond motifs is 1. The molecule has 8 heteroatoms. The summed E-state index contributed by atoms with van der Waals surface area (Å²) in [5, 5.41) is 3.25. The van der Waals surface area contributed by atoms with Crippen LogP contribution in [0.3, 0.4) is 0 Å². The molecule has 22 heavy (non-hydrogen) atoms. The van der Waals surface area contributed by atoms with Gasteiger partial charge in [-0.25, -0.2) is 8.42 Å². The van der Waals surface area contributed by atoms with Crippen molar-refractivity contribution in [2.24, 2.45) is 0 Å². The van der Waals surface area contributed by atoms with Gasteiger partial charge in [-0.2, -0.15) is 4.31 Å². The predicted octanol–water partition coefficient (Wildman–Crippen LogP) is 1.52. The summed E-state index contributed by atoms with van der Waals surface area (Å²) in [5.41, 5.74) is 0.681. The number of hydrogen-bond donors (Lipinski definition) is 1. The Bertz CT molecular complexity index is 644. The fourth-order valence-corrected chi connectivity index (χ4v) is 4.46. The van der Waals surface area contributed by atoms with E-state index in [1.165, 1.54) is 4.31 Å². The third-order valence-electron chi connectivity index (χ3n) is 4.15. The number of sulfonamides is 1. The normalized spacial score (nSPS) is 18.3. The average Bonchev–Trinajstić information content (AvgIpc) is 2.93. The number of aryl methyl sites for hydroxylation is 1. The highest BCUT2D eigenvalue weighted by molar-refractivity contribution is 7.89. The smallest absolute Gasteiger partial charge is 0.243 e. The lowest BCUT2D eigenvalue weighted by atomic mass is 10.1. The third kappa shape index (κ3) is 3.03. The lowest BCUT2D eigenvalue weighted by Crippen LogP contribution is -2.44. The summed E-state index contributed by atoms with van der Waals surface area (Å²) in [6.45, 7) is 3.63. The van der Waals surface area contributed by atoms with Gasteiger partial charge >= 0.3 is 0 Å². The first-order valence-corrected chi connectivity index (χ1v) is 8.53. The average molecular weight is 349 g/mol. The maximum absolute atomic E-state index is 12.9. The summed E-state index contributed by atoms with van der Waals surface area (Å²) in [7, 11) is -1.86. The molecular formula is C14H21ClN2O4S. The Kier molecular flexibility index (Phi) is 5.21. The highest BCUT2D eigenvalue weighted by atomic mass is 35.5. The zero-order valence-electron chi connectivity index (χ0n) is 12.7. The van der Waals surface area contributed by atoms with Crippen LogP contribution in [-0.2, 0) is 10.0 Å². The van der Waals surface area contributed by atoms with Crippen molar-refractivity contribution < 1.29 is 17.9 Å². The first kappa shape index (κ1) is 17.3. The number of rotatable bonds is 3. The van der Waals surface area contributed by atoms with Crippen LogP contribution in [0.2, 0.25) is 0 Å². The van der Waals surface area contributed by atoms with Crippen molar-refractivity contribution in [2.75, 3.05) is 26.9 Å². The van der Waals surface area contributed by atoms with E-state index in [0.29, 0.717) is 22.0 Å². The summed E-state index contributed by atoms with van der Waals surface area (Å²) in [4.78, 5) is 0.299. The fourth-order valence-electron chi connectivity index (χ4n) is 2.82. The standard InChI is InChI=1S/C14H20N2O4S.ClH/c1-10-7-12-13(20-9-19-12)8-14(10)21(17,18)16(2)11-3-5-15-6-4-11;/h7-8,11,15H,3-6,9H2,1-2H3;1H. The van der Waals surface area contributed by atoms with Gasteiger partial charge in [0.1, 0.15) is 0 Å². The Morgan fingerprint density at radius 2 is 1.77 bits per heavy atom. The van der Waals surface area contributed by atoms with E-state index in [0.717, 1.165) is 25.9 Å². The van der Waals surface area contributed by atoms with Crippen molar-refractivity contribution in [3.05, 3.63) is 17.7 Å². The summed E-state index contributed by atoms with van der Waals surface area (Å²) < 4.78 is 37.8. The molecule has 0 amide bonds. The number of piperidine rings is 1. The molecular weight excluding hydrogens is 328 g/mol. The number of benzene rings is 1. The lowest BCUT2D eigenvalue weighted by Gasteiger charge is -2.31. The molecule has 2 aliphatic rings. The van der Waals surface area contributed by atoms with Crippen molar-refractivity contribution >= 4 is 22.4 Å². The van der Waals surface area contributed by atoms with Crippen molar-refractivity contribution in [1.82, 2.24) is 9.62 Å². The number of halogens is 1. The van der Waals surface area contributed by atoms with Gasteiger partial charge in [0, 0.05) is 19.2 Å². The highest BCUT2D eigenvalue weighted by Crippen LogP contribution is 2.37. The molecule has 0 unspecified atom stereocenters. The van der Waals surface area contributed by atoms with E-state index in [1.54, 1.807) is 26.1 Å². The zero-order valence-corrected chi connectivity index (χ0v) is 14.3. The van der Waals surface area contributed by atoms with Crippen LogP contribution in [-0.4, -0.2) is 45.7 Å². The monoisotopic (exact) mass is 348 g/mol. The van der Waals surface area contributed by atoms with Gasteiger partial charge in [0.2, 0.25) is 16.8 Å². The van der Waals surface area contributed by atoms with Crippen molar-refractivity contribution in [2.45, 2.75) is 30.7 Å². The van der Waals surface area contributed by atoms with E-state index in [1.807, 2.05) is 0 Å². The first-order chi connectivity index (χ1) is 10.00. The number of nitrogens with one attached hydrogen (secondary N) is 1. The van der Waals surface area contributed by atoms with Gasteiger partial charge in [0.15, 0.2) is 11.5 Å². The topological polar surface area (TPSA) is 67.9 Å². The molecule has 124 valence electrons. The summed E-state index contributed by atoms with van der Waals surface area (Å²) in [5.74, 6) is 1.11. The highest BCUT2D eigenvalue weighted by Gasteiger charge is 2.31. The Morgan fingerprint density at radius 3 is 2.41 bits per heavy atom. The minimum atomic E-state index is -3.52. The van der Waals surface area contributed by atoms with Gasteiger partial charge in [-0.05, 0) is 44.5 Å². The molecule has 1 saturated heterocycles. The Balaban J connectivity index is 0.00000176. The number of hydrogen-bond acceptors (Lipinski definition) is 5. The molecule has 1 N–H and O–H groups in total. The largest absolute Gasteiger partial charge is 0.454 e. The first-order valence-electron chi connectivity index (χ1n) is 7.09.